The molecular weight excluding hydrogens is 301 g/mol. The van der Waals surface area contributed by atoms with Crippen LogP contribution in [0.2, 0.25) is 0 Å². The first-order chi connectivity index (χ1) is 6.96. The lowest BCUT2D eigenvalue weighted by atomic mass is 9.86. The number of nitriles is 1. The molecule has 0 aliphatic heterocycles. The molecule has 0 saturated carbocycles. The minimum atomic E-state index is 0.0303. The summed E-state index contributed by atoms with van der Waals surface area (Å²) in [7, 11) is 0. The fraction of sp³-hybridized carbons (Fsp3) is 0.417. The SMILES string of the molecule is CC(C)(C)c1c(I)cccc1OCC#N. The molecule has 0 spiro atoms. The molecule has 0 heterocycles. The number of halogens is 1. The standard InChI is InChI=1S/C12H14INO/c1-12(2,3)11-9(13)5-4-6-10(11)15-8-7-14/h4-6H,8H2,1-3H3. The molecule has 0 atom stereocenters. The second-order valence-electron chi connectivity index (χ2n) is 4.31. The van der Waals surface area contributed by atoms with Gasteiger partial charge in [-0.15, -0.1) is 0 Å². The topological polar surface area (TPSA) is 33.0 Å². The first-order valence-electron chi connectivity index (χ1n) is 4.75. The van der Waals surface area contributed by atoms with E-state index in [0.29, 0.717) is 0 Å². The third-order valence-corrected chi connectivity index (χ3v) is 2.92. The lowest BCUT2D eigenvalue weighted by Crippen LogP contribution is -2.15. The van der Waals surface area contributed by atoms with E-state index in [1.807, 2.05) is 18.2 Å². The van der Waals surface area contributed by atoms with Crippen LogP contribution in [0.1, 0.15) is 26.3 Å². The average Bonchev–Trinajstić information content (AvgIpc) is 2.12. The summed E-state index contributed by atoms with van der Waals surface area (Å²) in [5.41, 5.74) is 1.20. The molecule has 0 unspecified atom stereocenters. The zero-order chi connectivity index (χ0) is 11.5. The van der Waals surface area contributed by atoms with Crippen molar-refractivity contribution in [2.24, 2.45) is 0 Å². The third kappa shape index (κ3) is 3.10. The van der Waals surface area contributed by atoms with E-state index in [2.05, 4.69) is 49.4 Å². The maximum absolute atomic E-state index is 8.51. The van der Waals surface area contributed by atoms with E-state index in [1.54, 1.807) is 0 Å². The zero-order valence-electron chi connectivity index (χ0n) is 9.17. The molecule has 1 rings (SSSR count). The van der Waals surface area contributed by atoms with Crippen LogP contribution in [-0.4, -0.2) is 6.61 Å². The van der Waals surface area contributed by atoms with Gasteiger partial charge in [-0.3, -0.25) is 0 Å². The third-order valence-electron chi connectivity index (χ3n) is 2.02. The van der Waals surface area contributed by atoms with Gasteiger partial charge in [-0.25, -0.2) is 0 Å². The molecule has 1 aromatic rings. The van der Waals surface area contributed by atoms with Crippen LogP contribution in [-0.2, 0) is 5.41 Å². The molecule has 0 radical (unpaired) electrons. The monoisotopic (exact) mass is 315 g/mol. The summed E-state index contributed by atoms with van der Waals surface area (Å²) in [6, 6.07) is 7.91. The number of ether oxygens (including phenoxy) is 1. The van der Waals surface area contributed by atoms with Crippen LogP contribution < -0.4 is 4.74 Å². The summed E-state index contributed by atoms with van der Waals surface area (Å²) in [4.78, 5) is 0. The van der Waals surface area contributed by atoms with Crippen LogP contribution in [0.4, 0.5) is 0 Å². The Hall–Kier alpha value is -0.760. The fourth-order valence-electron chi connectivity index (χ4n) is 1.46. The van der Waals surface area contributed by atoms with Crippen LogP contribution >= 0.6 is 22.6 Å². The van der Waals surface area contributed by atoms with Gasteiger partial charge in [-0.1, -0.05) is 26.8 Å². The number of benzene rings is 1. The predicted octanol–water partition coefficient (Wildman–Crippen LogP) is 3.49. The van der Waals surface area contributed by atoms with Crippen molar-refractivity contribution in [2.45, 2.75) is 26.2 Å². The number of hydrogen-bond acceptors (Lipinski definition) is 2. The minimum absolute atomic E-state index is 0.0303. The van der Waals surface area contributed by atoms with Crippen molar-refractivity contribution >= 4 is 22.6 Å². The lowest BCUT2D eigenvalue weighted by molar-refractivity contribution is 0.355. The molecule has 0 aliphatic rings. The van der Waals surface area contributed by atoms with E-state index in [9.17, 15) is 0 Å². The minimum Gasteiger partial charge on any atom is -0.478 e. The van der Waals surface area contributed by atoms with Crippen molar-refractivity contribution in [3.63, 3.8) is 0 Å². The second kappa shape index (κ2) is 4.84. The molecule has 0 amide bonds. The molecule has 0 saturated heterocycles. The maximum Gasteiger partial charge on any atom is 0.174 e. The first-order valence-corrected chi connectivity index (χ1v) is 5.83. The molecule has 0 fully saturated rings. The van der Waals surface area contributed by atoms with Crippen molar-refractivity contribution in [3.8, 4) is 11.8 Å². The molecule has 15 heavy (non-hydrogen) atoms. The van der Waals surface area contributed by atoms with E-state index in [4.69, 9.17) is 10.00 Å². The molecule has 0 N–H and O–H groups in total. The summed E-state index contributed by atoms with van der Waals surface area (Å²) < 4.78 is 6.60. The van der Waals surface area contributed by atoms with Gasteiger partial charge in [0, 0.05) is 9.13 Å². The molecule has 2 nitrogen and oxygen atoms in total. The Bertz CT molecular complexity index is 388. The van der Waals surface area contributed by atoms with Gasteiger partial charge < -0.3 is 4.74 Å². The predicted molar refractivity (Wildman–Crippen MR) is 69.0 cm³/mol. The fourth-order valence-corrected chi connectivity index (χ4v) is 2.74. The Balaban J connectivity index is 3.16. The summed E-state index contributed by atoms with van der Waals surface area (Å²) in [5.74, 6) is 0.816. The van der Waals surface area contributed by atoms with Gasteiger partial charge in [-0.2, -0.15) is 5.26 Å². The highest BCUT2D eigenvalue weighted by Gasteiger charge is 2.21. The smallest absolute Gasteiger partial charge is 0.174 e. The molecule has 3 heteroatoms. The molecule has 0 bridgehead atoms. The van der Waals surface area contributed by atoms with Crippen molar-refractivity contribution in [2.75, 3.05) is 6.61 Å². The van der Waals surface area contributed by atoms with E-state index in [1.165, 1.54) is 9.13 Å². The summed E-state index contributed by atoms with van der Waals surface area (Å²) >= 11 is 2.30. The Morgan fingerprint density at radius 1 is 1.40 bits per heavy atom. The normalized spacial score (nSPS) is 10.9. The van der Waals surface area contributed by atoms with Crippen LogP contribution in [0.5, 0.6) is 5.75 Å². The molecule has 80 valence electrons. The quantitative estimate of drug-likeness (QED) is 0.783. The second-order valence-corrected chi connectivity index (χ2v) is 5.47. The highest BCUT2D eigenvalue weighted by molar-refractivity contribution is 14.1. The molecule has 1 aromatic carbocycles. The van der Waals surface area contributed by atoms with Crippen molar-refractivity contribution in [1.29, 1.82) is 5.26 Å². The zero-order valence-corrected chi connectivity index (χ0v) is 11.3. The van der Waals surface area contributed by atoms with Gasteiger partial charge in [0.15, 0.2) is 6.61 Å². The van der Waals surface area contributed by atoms with Crippen LogP contribution in [0.25, 0.3) is 0 Å². The summed E-state index contributed by atoms with van der Waals surface area (Å²) in [6.07, 6.45) is 0. The van der Waals surface area contributed by atoms with Gasteiger partial charge in [0.25, 0.3) is 0 Å². The van der Waals surface area contributed by atoms with E-state index in [0.717, 1.165) is 5.75 Å². The highest BCUT2D eigenvalue weighted by Crippen LogP contribution is 2.34. The maximum atomic E-state index is 8.51. The molecular formula is C12H14INO. The highest BCUT2D eigenvalue weighted by atomic mass is 127. The summed E-state index contributed by atoms with van der Waals surface area (Å²) in [6.45, 7) is 6.53. The van der Waals surface area contributed by atoms with Crippen molar-refractivity contribution in [1.82, 2.24) is 0 Å². The van der Waals surface area contributed by atoms with Crippen LogP contribution in [0, 0.1) is 14.9 Å². The van der Waals surface area contributed by atoms with Crippen LogP contribution in [0.3, 0.4) is 0 Å². The van der Waals surface area contributed by atoms with E-state index in [-0.39, 0.29) is 12.0 Å². The van der Waals surface area contributed by atoms with Gasteiger partial charge >= 0.3 is 0 Å². The van der Waals surface area contributed by atoms with Gasteiger partial charge in [0.1, 0.15) is 11.8 Å². The number of rotatable bonds is 2. The van der Waals surface area contributed by atoms with E-state index >= 15 is 0 Å². The van der Waals surface area contributed by atoms with Crippen molar-refractivity contribution in [3.05, 3.63) is 27.3 Å². The number of nitrogens with zero attached hydrogens (tertiary/aromatic N) is 1. The van der Waals surface area contributed by atoms with Gasteiger partial charge in [0.2, 0.25) is 0 Å². The Morgan fingerprint density at radius 3 is 2.60 bits per heavy atom. The lowest BCUT2D eigenvalue weighted by Gasteiger charge is -2.23. The Kier molecular flexibility index (Phi) is 3.97. The van der Waals surface area contributed by atoms with Gasteiger partial charge in [-0.05, 0) is 40.1 Å². The van der Waals surface area contributed by atoms with Gasteiger partial charge in [0.05, 0.1) is 0 Å². The molecule has 0 aliphatic carbocycles. The summed E-state index contributed by atoms with van der Waals surface area (Å²) in [5, 5.41) is 8.51. The first kappa shape index (κ1) is 12.3. The Labute approximate surface area is 104 Å². The molecule has 0 aromatic heterocycles. The van der Waals surface area contributed by atoms with Crippen LogP contribution in [0.15, 0.2) is 18.2 Å². The van der Waals surface area contributed by atoms with Crippen molar-refractivity contribution < 1.29 is 4.74 Å². The Morgan fingerprint density at radius 2 is 2.07 bits per heavy atom. The number of hydrogen-bond donors (Lipinski definition) is 0. The average molecular weight is 315 g/mol. The largest absolute Gasteiger partial charge is 0.478 e. The van der Waals surface area contributed by atoms with E-state index < -0.39 is 0 Å².